The smallest absolute Gasteiger partial charge is 0.267 e. The Hall–Kier alpha value is -2.97. The van der Waals surface area contributed by atoms with Crippen LogP contribution in [0.2, 0.25) is 0 Å². The van der Waals surface area contributed by atoms with E-state index in [4.69, 9.17) is 17.2 Å². The minimum absolute atomic E-state index is 0.175. The summed E-state index contributed by atoms with van der Waals surface area (Å²) in [6.45, 7) is 2.12. The third kappa shape index (κ3) is 3.96. The molecule has 5 rings (SSSR count). The van der Waals surface area contributed by atoms with Crippen molar-refractivity contribution in [2.75, 3.05) is 18.0 Å². The Balaban J connectivity index is 1.56. The molecule has 2 aliphatic heterocycles. The molecule has 0 saturated carbocycles. The van der Waals surface area contributed by atoms with E-state index in [1.54, 1.807) is 23.2 Å². The number of thioether (sulfide) groups is 1. The van der Waals surface area contributed by atoms with Crippen molar-refractivity contribution in [3.8, 4) is 0 Å². The fourth-order valence-corrected chi connectivity index (χ4v) is 5.33. The number of fused-ring (bicyclic) bond motifs is 1. The number of aromatic nitrogens is 2. The molecule has 0 unspecified atom stereocenters. The molecule has 1 aromatic carbocycles. The fraction of sp³-hybridized carbons (Fsp3) is 0.250. The van der Waals surface area contributed by atoms with E-state index < -0.39 is 0 Å². The van der Waals surface area contributed by atoms with Gasteiger partial charge in [-0.2, -0.15) is 0 Å². The van der Waals surface area contributed by atoms with Gasteiger partial charge >= 0.3 is 0 Å². The van der Waals surface area contributed by atoms with Gasteiger partial charge in [0.15, 0.2) is 0 Å². The van der Waals surface area contributed by atoms with E-state index in [2.05, 4.69) is 4.90 Å². The molecule has 3 aromatic rings. The molecule has 8 heteroatoms. The SMILES string of the molecule is O=C1/C(=C/c2c(N3CCCCC3)nc3ccccn3c2=O)SC(=S)N1Cc1ccccc1. The predicted molar refractivity (Wildman–Crippen MR) is 133 cm³/mol. The Bertz CT molecular complexity index is 1280. The first-order valence-corrected chi connectivity index (χ1v) is 11.9. The maximum absolute atomic E-state index is 13.4. The van der Waals surface area contributed by atoms with E-state index in [0.717, 1.165) is 31.5 Å². The lowest BCUT2D eigenvalue weighted by molar-refractivity contribution is -0.122. The number of pyridine rings is 1. The minimum atomic E-state index is -0.176. The van der Waals surface area contributed by atoms with Crippen LogP contribution in [-0.2, 0) is 11.3 Å². The first-order valence-electron chi connectivity index (χ1n) is 10.7. The highest BCUT2D eigenvalue weighted by molar-refractivity contribution is 8.26. The van der Waals surface area contributed by atoms with E-state index in [1.807, 2.05) is 42.5 Å². The van der Waals surface area contributed by atoms with Crippen LogP contribution >= 0.6 is 24.0 Å². The van der Waals surface area contributed by atoms with Crippen LogP contribution in [0.15, 0.2) is 64.4 Å². The number of rotatable bonds is 4. The van der Waals surface area contributed by atoms with Crippen molar-refractivity contribution in [1.29, 1.82) is 0 Å². The molecule has 0 N–H and O–H groups in total. The molecule has 0 radical (unpaired) electrons. The summed E-state index contributed by atoms with van der Waals surface area (Å²) in [5.74, 6) is 0.472. The lowest BCUT2D eigenvalue weighted by Crippen LogP contribution is -2.33. The molecule has 162 valence electrons. The van der Waals surface area contributed by atoms with Crippen molar-refractivity contribution in [2.45, 2.75) is 25.8 Å². The molecule has 4 heterocycles. The second-order valence-corrected chi connectivity index (χ2v) is 9.56. The van der Waals surface area contributed by atoms with Crippen LogP contribution in [0.25, 0.3) is 11.7 Å². The standard InChI is InChI=1S/C24H22N4O2S2/c29-22-18(15-19-23(30)28(24(31)32-19)16-17-9-3-1-4-10-17)21(26-12-6-2-7-13-26)25-20-11-5-8-14-27(20)22/h1,3-5,8-11,14-15H,2,6-7,12-13,16H2/b19-15-. The first kappa shape index (κ1) is 20.9. The number of piperidine rings is 1. The number of hydrogen-bond donors (Lipinski definition) is 0. The van der Waals surface area contributed by atoms with E-state index in [-0.39, 0.29) is 11.5 Å². The first-order chi connectivity index (χ1) is 15.6. The topological polar surface area (TPSA) is 57.9 Å². The average Bonchev–Trinajstić information content (AvgIpc) is 3.09. The zero-order valence-electron chi connectivity index (χ0n) is 17.4. The second kappa shape index (κ2) is 8.88. The number of thiocarbonyl (C=S) groups is 1. The molecular formula is C24H22N4O2S2. The maximum Gasteiger partial charge on any atom is 0.267 e. The van der Waals surface area contributed by atoms with Gasteiger partial charge in [-0.05, 0) is 43.0 Å². The highest BCUT2D eigenvalue weighted by atomic mass is 32.2. The molecule has 2 saturated heterocycles. The molecule has 2 aliphatic rings. The fourth-order valence-electron chi connectivity index (χ4n) is 4.10. The van der Waals surface area contributed by atoms with E-state index in [0.29, 0.717) is 32.8 Å². The molecular weight excluding hydrogens is 440 g/mol. The highest BCUT2D eigenvalue weighted by Crippen LogP contribution is 2.34. The van der Waals surface area contributed by atoms with E-state index >= 15 is 0 Å². The largest absolute Gasteiger partial charge is 0.356 e. The Morgan fingerprint density at radius 3 is 2.53 bits per heavy atom. The Kier molecular flexibility index (Phi) is 5.80. The summed E-state index contributed by atoms with van der Waals surface area (Å²) in [4.78, 5) is 35.6. The lowest BCUT2D eigenvalue weighted by Gasteiger charge is -2.29. The number of amides is 1. The van der Waals surface area contributed by atoms with Gasteiger partial charge in [-0.15, -0.1) is 0 Å². The summed E-state index contributed by atoms with van der Waals surface area (Å²) >= 11 is 6.74. The molecule has 0 aliphatic carbocycles. The zero-order valence-corrected chi connectivity index (χ0v) is 19.1. The average molecular weight is 463 g/mol. The number of anilines is 1. The van der Waals surface area contributed by atoms with Gasteiger partial charge in [0.05, 0.1) is 17.0 Å². The summed E-state index contributed by atoms with van der Waals surface area (Å²) in [5.41, 5.74) is 1.87. The van der Waals surface area contributed by atoms with Crippen LogP contribution in [0.1, 0.15) is 30.4 Å². The van der Waals surface area contributed by atoms with Gasteiger partial charge in [-0.3, -0.25) is 18.9 Å². The van der Waals surface area contributed by atoms with E-state index in [1.165, 1.54) is 22.6 Å². The molecule has 1 amide bonds. The molecule has 0 bridgehead atoms. The van der Waals surface area contributed by atoms with Crippen LogP contribution < -0.4 is 10.5 Å². The lowest BCUT2D eigenvalue weighted by atomic mass is 10.1. The van der Waals surface area contributed by atoms with Crippen LogP contribution in [0, 0.1) is 0 Å². The summed E-state index contributed by atoms with van der Waals surface area (Å²) in [7, 11) is 0. The third-order valence-corrected chi connectivity index (χ3v) is 7.11. The van der Waals surface area contributed by atoms with Gasteiger partial charge in [0.1, 0.15) is 15.8 Å². The maximum atomic E-state index is 13.4. The second-order valence-electron chi connectivity index (χ2n) is 7.88. The van der Waals surface area contributed by atoms with Gasteiger partial charge in [0.2, 0.25) is 0 Å². The Labute approximate surface area is 195 Å². The van der Waals surface area contributed by atoms with Crippen LogP contribution in [0.3, 0.4) is 0 Å². The van der Waals surface area contributed by atoms with Crippen molar-refractivity contribution in [1.82, 2.24) is 14.3 Å². The zero-order chi connectivity index (χ0) is 22.1. The summed E-state index contributed by atoms with van der Waals surface area (Å²) in [6, 6.07) is 15.3. The Morgan fingerprint density at radius 2 is 1.75 bits per heavy atom. The van der Waals surface area contributed by atoms with Crippen molar-refractivity contribution >= 4 is 51.7 Å². The number of benzene rings is 1. The monoisotopic (exact) mass is 462 g/mol. The number of carbonyl (C=O) groups is 1. The predicted octanol–water partition coefficient (Wildman–Crippen LogP) is 4.09. The van der Waals surface area contributed by atoms with Gasteiger partial charge < -0.3 is 4.90 Å². The molecule has 0 spiro atoms. The quantitative estimate of drug-likeness (QED) is 0.430. The van der Waals surface area contributed by atoms with Crippen molar-refractivity contribution < 1.29 is 4.79 Å². The molecule has 32 heavy (non-hydrogen) atoms. The Morgan fingerprint density at radius 1 is 1.00 bits per heavy atom. The van der Waals surface area contributed by atoms with Crippen molar-refractivity contribution in [3.63, 3.8) is 0 Å². The van der Waals surface area contributed by atoms with Crippen molar-refractivity contribution in [3.05, 3.63) is 81.1 Å². The van der Waals surface area contributed by atoms with Gasteiger partial charge in [0, 0.05) is 19.3 Å². The molecule has 0 atom stereocenters. The summed E-state index contributed by atoms with van der Waals surface area (Å²) in [5, 5.41) is 0. The molecule has 6 nitrogen and oxygen atoms in total. The van der Waals surface area contributed by atoms with Crippen molar-refractivity contribution in [2.24, 2.45) is 0 Å². The highest BCUT2D eigenvalue weighted by Gasteiger charge is 2.33. The van der Waals surface area contributed by atoms with Gasteiger partial charge in [0.25, 0.3) is 11.5 Å². The number of carbonyl (C=O) groups excluding carboxylic acids is 1. The van der Waals surface area contributed by atoms with Crippen LogP contribution in [0.4, 0.5) is 5.82 Å². The van der Waals surface area contributed by atoms with E-state index in [9.17, 15) is 9.59 Å². The summed E-state index contributed by atoms with van der Waals surface area (Å²) < 4.78 is 2.03. The van der Waals surface area contributed by atoms with Gasteiger partial charge in [-0.1, -0.05) is 60.4 Å². The minimum Gasteiger partial charge on any atom is -0.356 e. The molecule has 2 fully saturated rings. The normalized spacial score (nSPS) is 18.2. The van der Waals surface area contributed by atoms with Crippen LogP contribution in [0.5, 0.6) is 0 Å². The molecule has 2 aromatic heterocycles. The van der Waals surface area contributed by atoms with Crippen LogP contribution in [-0.4, -0.2) is 37.6 Å². The summed E-state index contributed by atoms with van der Waals surface area (Å²) in [6.07, 6.45) is 6.70. The number of hydrogen-bond acceptors (Lipinski definition) is 6. The number of nitrogens with zero attached hydrogens (tertiary/aromatic N) is 4. The van der Waals surface area contributed by atoms with Gasteiger partial charge in [-0.25, -0.2) is 4.98 Å². The third-order valence-electron chi connectivity index (χ3n) is 5.74.